The Kier molecular flexibility index (Phi) is 2.41. The number of hydrogen-bond donors (Lipinski definition) is 1. The fourth-order valence-corrected chi connectivity index (χ4v) is 1.90. The Bertz CT molecular complexity index is 476. The SMILES string of the molecule is Cc1cc(Sc2ncc[nH]2)cc(=O)o1. The molecule has 0 saturated heterocycles. The second kappa shape index (κ2) is 3.71. The van der Waals surface area contributed by atoms with E-state index in [9.17, 15) is 4.79 Å². The van der Waals surface area contributed by atoms with Crippen LogP contribution in [-0.4, -0.2) is 9.97 Å². The first-order valence-corrected chi connectivity index (χ1v) is 4.85. The monoisotopic (exact) mass is 208 g/mol. The Balaban J connectivity index is 2.29. The van der Waals surface area contributed by atoms with Crippen LogP contribution in [0.2, 0.25) is 0 Å². The predicted molar refractivity (Wildman–Crippen MR) is 52.4 cm³/mol. The highest BCUT2D eigenvalue weighted by Crippen LogP contribution is 2.23. The average molecular weight is 208 g/mol. The highest BCUT2D eigenvalue weighted by molar-refractivity contribution is 7.99. The molecule has 0 aromatic carbocycles. The predicted octanol–water partition coefficient (Wildman–Crippen LogP) is 1.82. The van der Waals surface area contributed by atoms with E-state index in [1.165, 1.54) is 17.8 Å². The van der Waals surface area contributed by atoms with Gasteiger partial charge in [0, 0.05) is 23.4 Å². The first-order chi connectivity index (χ1) is 6.74. The number of aromatic nitrogens is 2. The number of rotatable bonds is 2. The summed E-state index contributed by atoms with van der Waals surface area (Å²) in [5.74, 6) is 0.603. The lowest BCUT2D eigenvalue weighted by molar-refractivity contribution is 0.475. The molecule has 5 heteroatoms. The molecular weight excluding hydrogens is 200 g/mol. The van der Waals surface area contributed by atoms with Gasteiger partial charge in [0.2, 0.25) is 0 Å². The molecule has 0 spiro atoms. The first kappa shape index (κ1) is 9.08. The molecule has 14 heavy (non-hydrogen) atoms. The van der Waals surface area contributed by atoms with E-state index in [0.29, 0.717) is 5.76 Å². The molecule has 2 rings (SSSR count). The summed E-state index contributed by atoms with van der Waals surface area (Å²) < 4.78 is 4.84. The molecule has 0 bridgehead atoms. The van der Waals surface area contributed by atoms with Gasteiger partial charge < -0.3 is 9.40 Å². The minimum atomic E-state index is -0.334. The van der Waals surface area contributed by atoms with Crippen LogP contribution in [0.3, 0.4) is 0 Å². The molecular formula is C9H8N2O2S. The second-order valence-electron chi connectivity index (χ2n) is 2.72. The van der Waals surface area contributed by atoms with Gasteiger partial charge in [0.15, 0.2) is 5.16 Å². The molecule has 0 unspecified atom stereocenters. The largest absolute Gasteiger partial charge is 0.428 e. The minimum absolute atomic E-state index is 0.334. The van der Waals surface area contributed by atoms with Gasteiger partial charge >= 0.3 is 5.63 Å². The van der Waals surface area contributed by atoms with Crippen LogP contribution in [-0.2, 0) is 0 Å². The number of aryl methyl sites for hydroxylation is 1. The third-order valence-corrected chi connectivity index (χ3v) is 2.44. The van der Waals surface area contributed by atoms with Crippen molar-refractivity contribution in [3.63, 3.8) is 0 Å². The lowest BCUT2D eigenvalue weighted by Gasteiger charge is -1.97. The van der Waals surface area contributed by atoms with Gasteiger partial charge in [-0.2, -0.15) is 0 Å². The zero-order valence-electron chi connectivity index (χ0n) is 7.48. The molecule has 0 aliphatic carbocycles. The average Bonchev–Trinajstić information content (AvgIpc) is 2.54. The van der Waals surface area contributed by atoms with Crippen LogP contribution in [0.5, 0.6) is 0 Å². The molecule has 2 aromatic rings. The van der Waals surface area contributed by atoms with Crippen LogP contribution in [0.25, 0.3) is 0 Å². The van der Waals surface area contributed by atoms with Crippen molar-refractivity contribution in [2.45, 2.75) is 17.0 Å². The van der Waals surface area contributed by atoms with E-state index >= 15 is 0 Å². The normalized spacial score (nSPS) is 10.4. The first-order valence-electron chi connectivity index (χ1n) is 4.03. The van der Waals surface area contributed by atoms with Crippen molar-refractivity contribution in [2.24, 2.45) is 0 Å². The molecule has 0 aliphatic rings. The zero-order valence-corrected chi connectivity index (χ0v) is 8.30. The van der Waals surface area contributed by atoms with Gasteiger partial charge in [-0.1, -0.05) is 11.8 Å². The summed E-state index contributed by atoms with van der Waals surface area (Å²) in [5, 5.41) is 0.759. The molecule has 0 amide bonds. The van der Waals surface area contributed by atoms with E-state index in [1.54, 1.807) is 25.4 Å². The highest BCUT2D eigenvalue weighted by Gasteiger charge is 2.01. The quantitative estimate of drug-likeness (QED) is 0.817. The fraction of sp³-hybridized carbons (Fsp3) is 0.111. The summed E-state index contributed by atoms with van der Waals surface area (Å²) in [6.45, 7) is 1.74. The molecule has 0 atom stereocenters. The van der Waals surface area contributed by atoms with E-state index in [2.05, 4.69) is 9.97 Å². The minimum Gasteiger partial charge on any atom is -0.428 e. The summed E-state index contributed by atoms with van der Waals surface area (Å²) in [4.78, 5) is 18.8. The Morgan fingerprint density at radius 1 is 1.50 bits per heavy atom. The van der Waals surface area contributed by atoms with Crippen molar-refractivity contribution < 1.29 is 4.42 Å². The third-order valence-electron chi connectivity index (χ3n) is 1.55. The van der Waals surface area contributed by atoms with Gasteiger partial charge in [-0.25, -0.2) is 9.78 Å². The highest BCUT2D eigenvalue weighted by atomic mass is 32.2. The van der Waals surface area contributed by atoms with Gasteiger partial charge in [0.25, 0.3) is 0 Å². The zero-order chi connectivity index (χ0) is 9.97. The van der Waals surface area contributed by atoms with Gasteiger partial charge in [0.1, 0.15) is 5.76 Å². The van der Waals surface area contributed by atoms with Crippen molar-refractivity contribution in [1.82, 2.24) is 9.97 Å². The number of aromatic amines is 1. The lowest BCUT2D eigenvalue weighted by atomic mass is 10.4. The van der Waals surface area contributed by atoms with Crippen LogP contribution in [0.4, 0.5) is 0 Å². The van der Waals surface area contributed by atoms with Crippen LogP contribution in [0.15, 0.2) is 43.8 Å². The number of H-pyrrole nitrogens is 1. The van der Waals surface area contributed by atoms with E-state index in [4.69, 9.17) is 4.42 Å². The maximum Gasteiger partial charge on any atom is 0.336 e. The van der Waals surface area contributed by atoms with Crippen molar-refractivity contribution in [3.8, 4) is 0 Å². The molecule has 0 aliphatic heterocycles. The Morgan fingerprint density at radius 2 is 2.36 bits per heavy atom. The van der Waals surface area contributed by atoms with Crippen LogP contribution < -0.4 is 5.63 Å². The maximum atomic E-state index is 11.0. The van der Waals surface area contributed by atoms with Crippen molar-refractivity contribution in [2.75, 3.05) is 0 Å². The van der Waals surface area contributed by atoms with Gasteiger partial charge in [-0.05, 0) is 13.0 Å². The summed E-state index contributed by atoms with van der Waals surface area (Å²) in [7, 11) is 0. The standard InChI is InChI=1S/C9H8N2O2S/c1-6-4-7(5-8(12)13-6)14-9-10-2-3-11-9/h2-5H,1H3,(H,10,11). The Morgan fingerprint density at radius 3 is 3.00 bits per heavy atom. The molecule has 0 saturated carbocycles. The second-order valence-corrected chi connectivity index (χ2v) is 3.78. The van der Waals surface area contributed by atoms with Crippen molar-refractivity contribution >= 4 is 11.8 Å². The van der Waals surface area contributed by atoms with Gasteiger partial charge in [0.05, 0.1) is 0 Å². The summed E-state index contributed by atoms with van der Waals surface area (Å²) in [6.07, 6.45) is 3.40. The molecule has 0 fully saturated rings. The summed E-state index contributed by atoms with van der Waals surface area (Å²) >= 11 is 1.40. The van der Waals surface area contributed by atoms with E-state index in [1.807, 2.05) is 0 Å². The summed E-state index contributed by atoms with van der Waals surface area (Å²) in [5.41, 5.74) is -0.334. The van der Waals surface area contributed by atoms with Crippen LogP contribution in [0.1, 0.15) is 5.76 Å². The van der Waals surface area contributed by atoms with Crippen molar-refractivity contribution in [1.29, 1.82) is 0 Å². The molecule has 2 heterocycles. The molecule has 4 nitrogen and oxygen atoms in total. The smallest absolute Gasteiger partial charge is 0.336 e. The van der Waals surface area contributed by atoms with E-state index in [-0.39, 0.29) is 5.63 Å². The lowest BCUT2D eigenvalue weighted by Crippen LogP contribution is -1.97. The van der Waals surface area contributed by atoms with Crippen LogP contribution in [0, 0.1) is 6.92 Å². The molecule has 2 aromatic heterocycles. The Labute approximate surface area is 84.4 Å². The van der Waals surface area contributed by atoms with Crippen molar-refractivity contribution in [3.05, 3.63) is 40.7 Å². The van der Waals surface area contributed by atoms with Gasteiger partial charge in [-0.15, -0.1) is 0 Å². The number of nitrogens with zero attached hydrogens (tertiary/aromatic N) is 1. The molecule has 0 radical (unpaired) electrons. The number of hydrogen-bond acceptors (Lipinski definition) is 4. The van der Waals surface area contributed by atoms with Gasteiger partial charge in [-0.3, -0.25) is 0 Å². The summed E-state index contributed by atoms with van der Waals surface area (Å²) in [6, 6.07) is 3.24. The molecule has 72 valence electrons. The number of nitrogens with one attached hydrogen (secondary N) is 1. The van der Waals surface area contributed by atoms with E-state index in [0.717, 1.165) is 10.1 Å². The third kappa shape index (κ3) is 2.05. The van der Waals surface area contributed by atoms with E-state index < -0.39 is 0 Å². The van der Waals surface area contributed by atoms with Crippen LogP contribution >= 0.6 is 11.8 Å². The topological polar surface area (TPSA) is 58.9 Å². The number of imidazole rings is 1. The fourth-order valence-electron chi connectivity index (χ4n) is 1.05. The Hall–Kier alpha value is -1.49. The maximum absolute atomic E-state index is 11.0. The molecule has 1 N–H and O–H groups in total.